The Morgan fingerprint density at radius 3 is 2.36 bits per heavy atom. The van der Waals surface area contributed by atoms with E-state index in [1.807, 2.05) is 0 Å². The SMILES string of the molecule is CC1C=[C-]C2CC1C2(C)C.[Y]. The first-order valence-electron chi connectivity index (χ1n) is 4.22. The molecule has 1 fully saturated rings. The minimum Gasteiger partial charge on any atom is -0.497 e. The molecule has 0 N–H and O–H groups in total. The predicted octanol–water partition coefficient (Wildman–Crippen LogP) is 2.66. The molecule has 0 nitrogen and oxygen atoms in total. The summed E-state index contributed by atoms with van der Waals surface area (Å²) in [6.45, 7) is 7.07. The summed E-state index contributed by atoms with van der Waals surface area (Å²) in [6, 6.07) is 0. The molecule has 3 aliphatic rings. The van der Waals surface area contributed by atoms with Crippen LogP contribution in [0.25, 0.3) is 0 Å². The maximum Gasteiger partial charge on any atom is 0 e. The van der Waals surface area contributed by atoms with E-state index in [9.17, 15) is 0 Å². The zero-order chi connectivity index (χ0) is 7.35. The molecule has 0 aromatic carbocycles. The first-order chi connectivity index (χ1) is 4.62. The van der Waals surface area contributed by atoms with Crippen molar-refractivity contribution < 1.29 is 32.7 Å². The standard InChI is InChI=1S/C10H15.Y/c1-7-4-5-8-6-9(7)10(8,2)3;/h4,7-9H,6H2,1-3H3;/q-1;. The van der Waals surface area contributed by atoms with Gasteiger partial charge in [-0.3, -0.25) is 6.08 Å². The van der Waals surface area contributed by atoms with Gasteiger partial charge in [-0.2, -0.15) is 5.92 Å². The van der Waals surface area contributed by atoms with Gasteiger partial charge in [0.05, 0.1) is 0 Å². The van der Waals surface area contributed by atoms with Crippen molar-refractivity contribution in [1.29, 1.82) is 0 Å². The van der Waals surface area contributed by atoms with Crippen molar-refractivity contribution in [3.05, 3.63) is 12.2 Å². The van der Waals surface area contributed by atoms with Crippen LogP contribution in [0.4, 0.5) is 0 Å². The van der Waals surface area contributed by atoms with Gasteiger partial charge >= 0.3 is 0 Å². The van der Waals surface area contributed by atoms with E-state index in [4.69, 9.17) is 0 Å². The predicted molar refractivity (Wildman–Crippen MR) is 42.4 cm³/mol. The van der Waals surface area contributed by atoms with Crippen LogP contribution in [0.3, 0.4) is 0 Å². The van der Waals surface area contributed by atoms with Gasteiger partial charge in [-0.25, -0.2) is 0 Å². The Morgan fingerprint density at radius 2 is 2.09 bits per heavy atom. The maximum absolute atomic E-state index is 3.46. The van der Waals surface area contributed by atoms with Gasteiger partial charge in [0.15, 0.2) is 0 Å². The number of hydrogen-bond donors (Lipinski definition) is 0. The number of rotatable bonds is 0. The topological polar surface area (TPSA) is 0 Å². The third-order valence-electron chi connectivity index (χ3n) is 3.54. The van der Waals surface area contributed by atoms with E-state index in [2.05, 4.69) is 32.9 Å². The van der Waals surface area contributed by atoms with Crippen LogP contribution in [0.1, 0.15) is 27.2 Å². The molecule has 0 aromatic heterocycles. The second-order valence-electron chi connectivity index (χ2n) is 4.41. The zero-order valence-corrected chi connectivity index (χ0v) is 10.4. The summed E-state index contributed by atoms with van der Waals surface area (Å²) in [7, 11) is 0. The second kappa shape index (κ2) is 2.96. The summed E-state index contributed by atoms with van der Waals surface area (Å²) >= 11 is 0. The van der Waals surface area contributed by atoms with Gasteiger partial charge in [-0.15, -0.1) is 0 Å². The van der Waals surface area contributed by atoms with E-state index in [1.54, 1.807) is 0 Å². The van der Waals surface area contributed by atoms with Crippen LogP contribution < -0.4 is 0 Å². The zero-order valence-electron chi connectivity index (χ0n) is 7.59. The smallest absolute Gasteiger partial charge is 0 e. The first-order valence-corrected chi connectivity index (χ1v) is 4.22. The maximum atomic E-state index is 3.46. The van der Waals surface area contributed by atoms with Crippen molar-refractivity contribution in [2.45, 2.75) is 27.2 Å². The number of fused-ring (bicyclic) bond motifs is 1. The fourth-order valence-corrected chi connectivity index (χ4v) is 2.52. The van der Waals surface area contributed by atoms with E-state index in [0.29, 0.717) is 5.41 Å². The van der Waals surface area contributed by atoms with Crippen LogP contribution in [0.2, 0.25) is 0 Å². The monoisotopic (exact) mass is 224 g/mol. The van der Waals surface area contributed by atoms with Gasteiger partial charge in [-0.05, 0) is 5.92 Å². The van der Waals surface area contributed by atoms with Gasteiger partial charge in [0.2, 0.25) is 0 Å². The molecule has 1 heteroatoms. The van der Waals surface area contributed by atoms with Crippen LogP contribution in [0.5, 0.6) is 0 Å². The first kappa shape index (κ1) is 9.93. The summed E-state index contributed by atoms with van der Waals surface area (Å²) in [6.07, 6.45) is 7.12. The third-order valence-corrected chi connectivity index (χ3v) is 3.54. The molecule has 0 spiro atoms. The van der Waals surface area contributed by atoms with Crippen molar-refractivity contribution in [3.8, 4) is 0 Å². The average Bonchev–Trinajstić information content (AvgIpc) is 1.87. The van der Waals surface area contributed by atoms with Crippen molar-refractivity contribution >= 4 is 0 Å². The van der Waals surface area contributed by atoms with Crippen LogP contribution in [-0.2, 0) is 32.7 Å². The fourth-order valence-electron chi connectivity index (χ4n) is 2.52. The summed E-state index contributed by atoms with van der Waals surface area (Å²) in [5.74, 6) is 2.49. The molecule has 3 unspecified atom stereocenters. The van der Waals surface area contributed by atoms with Gasteiger partial charge in [-0.1, -0.05) is 38.5 Å². The molecule has 0 heterocycles. The summed E-state index contributed by atoms with van der Waals surface area (Å²) < 4.78 is 0. The third kappa shape index (κ3) is 1.27. The molecule has 0 aliphatic heterocycles. The van der Waals surface area contributed by atoms with Gasteiger partial charge in [0.1, 0.15) is 0 Å². The molecule has 2 bridgehead atoms. The van der Waals surface area contributed by atoms with Crippen LogP contribution in [-0.4, -0.2) is 0 Å². The molecule has 3 atom stereocenters. The molecule has 1 saturated carbocycles. The van der Waals surface area contributed by atoms with E-state index in [0.717, 1.165) is 17.8 Å². The Balaban J connectivity index is 0.000000605. The van der Waals surface area contributed by atoms with E-state index >= 15 is 0 Å². The number of hydrogen-bond acceptors (Lipinski definition) is 0. The Morgan fingerprint density at radius 1 is 1.45 bits per heavy atom. The van der Waals surface area contributed by atoms with Crippen LogP contribution >= 0.6 is 0 Å². The van der Waals surface area contributed by atoms with E-state index < -0.39 is 0 Å². The molecule has 0 saturated heterocycles. The molecule has 0 aromatic rings. The van der Waals surface area contributed by atoms with Crippen molar-refractivity contribution in [2.75, 3.05) is 0 Å². The average molecular weight is 224 g/mol. The van der Waals surface area contributed by atoms with E-state index in [1.165, 1.54) is 6.42 Å². The van der Waals surface area contributed by atoms with Crippen LogP contribution in [0.15, 0.2) is 6.08 Å². The van der Waals surface area contributed by atoms with Gasteiger partial charge in [0, 0.05) is 32.7 Å². The Kier molecular flexibility index (Phi) is 2.67. The van der Waals surface area contributed by atoms with Crippen LogP contribution in [0, 0.1) is 29.2 Å². The fraction of sp³-hybridized carbons (Fsp3) is 0.800. The summed E-state index contributed by atoms with van der Waals surface area (Å²) in [5, 5.41) is 0. The molecule has 3 rings (SSSR count). The molecular weight excluding hydrogens is 209 g/mol. The molecule has 3 aliphatic carbocycles. The molecular formula is C10H15Y-. The molecule has 11 heavy (non-hydrogen) atoms. The molecule has 1 radical (unpaired) electrons. The summed E-state index contributed by atoms with van der Waals surface area (Å²) in [5.41, 5.74) is 0.564. The quantitative estimate of drug-likeness (QED) is 0.555. The molecule has 59 valence electrons. The Hall–Kier alpha value is 0.844. The second-order valence-corrected chi connectivity index (χ2v) is 4.41. The Bertz CT molecular complexity index is 181. The van der Waals surface area contributed by atoms with Crippen molar-refractivity contribution in [2.24, 2.45) is 23.2 Å². The van der Waals surface area contributed by atoms with Gasteiger partial charge in [0.25, 0.3) is 0 Å². The largest absolute Gasteiger partial charge is 0.497 e. The van der Waals surface area contributed by atoms with Gasteiger partial charge < -0.3 is 6.08 Å². The Labute approximate surface area is 94.7 Å². The van der Waals surface area contributed by atoms with Crippen molar-refractivity contribution in [1.82, 2.24) is 0 Å². The van der Waals surface area contributed by atoms with Crippen molar-refractivity contribution in [3.63, 3.8) is 0 Å². The number of allylic oxidation sites excluding steroid dienone is 2. The van der Waals surface area contributed by atoms with E-state index in [-0.39, 0.29) is 32.7 Å². The minimum absolute atomic E-state index is 0. The summed E-state index contributed by atoms with van der Waals surface area (Å²) in [4.78, 5) is 0. The molecule has 0 amide bonds. The minimum atomic E-state index is 0. The normalized spacial score (nSPS) is 44.1.